The second-order valence-electron chi connectivity index (χ2n) is 2.78. The smallest absolute Gasteiger partial charge is 0.306 e. The molecule has 0 unspecified atom stereocenters. The second-order valence-corrected chi connectivity index (χ2v) is 6.49. The van der Waals surface area contributed by atoms with Crippen LogP contribution in [0.2, 0.25) is 4.34 Å². The van der Waals surface area contributed by atoms with E-state index in [1.54, 1.807) is 0 Å². The first-order valence-corrected chi connectivity index (χ1v) is 6.95. The molecule has 0 amide bonds. The van der Waals surface area contributed by atoms with Gasteiger partial charge in [0.2, 0.25) is 10.0 Å². The molecular weight excluding hydrogens is 274 g/mol. The van der Waals surface area contributed by atoms with Crippen molar-refractivity contribution in [2.24, 2.45) is 0 Å². The van der Waals surface area contributed by atoms with Gasteiger partial charge in [-0.2, -0.15) is 0 Å². The Morgan fingerprint density at radius 2 is 2.25 bits per heavy atom. The Bertz CT molecular complexity index is 468. The van der Waals surface area contributed by atoms with Gasteiger partial charge >= 0.3 is 5.97 Å². The van der Waals surface area contributed by atoms with Crippen molar-refractivity contribution in [3.8, 4) is 0 Å². The van der Waals surface area contributed by atoms with Gasteiger partial charge in [-0.3, -0.25) is 4.79 Å². The normalized spacial score (nSPS) is 11.4. The van der Waals surface area contributed by atoms with Crippen LogP contribution in [-0.2, 0) is 19.6 Å². The van der Waals surface area contributed by atoms with Crippen molar-refractivity contribution in [3.05, 3.63) is 16.5 Å². The lowest BCUT2D eigenvalue weighted by atomic mass is 10.4. The molecule has 0 radical (unpaired) electrons. The number of esters is 1. The molecule has 16 heavy (non-hydrogen) atoms. The summed E-state index contributed by atoms with van der Waals surface area (Å²) in [6.07, 6.45) is -0.00512. The minimum Gasteiger partial charge on any atom is -0.469 e. The van der Waals surface area contributed by atoms with Crippen LogP contribution in [0.5, 0.6) is 0 Å². The Labute approximate surface area is 102 Å². The van der Waals surface area contributed by atoms with Crippen LogP contribution in [-0.4, -0.2) is 28.0 Å². The number of nitrogens with one attached hydrogen (secondary N) is 1. The first kappa shape index (κ1) is 13.4. The molecule has 90 valence electrons. The molecule has 5 nitrogen and oxygen atoms in total. The second kappa shape index (κ2) is 5.62. The summed E-state index contributed by atoms with van der Waals surface area (Å²) in [5.41, 5.74) is 0. The fourth-order valence-electron chi connectivity index (χ4n) is 0.903. The monoisotopic (exact) mass is 283 g/mol. The van der Waals surface area contributed by atoms with E-state index in [0.717, 1.165) is 11.3 Å². The predicted molar refractivity (Wildman–Crippen MR) is 61.2 cm³/mol. The molecule has 0 aliphatic rings. The molecule has 1 aromatic heterocycles. The average Bonchev–Trinajstić information content (AvgIpc) is 2.65. The SMILES string of the molecule is COC(=O)CCNS(=O)(=O)c1ccc(Cl)s1. The number of halogens is 1. The summed E-state index contributed by atoms with van der Waals surface area (Å²) in [6, 6.07) is 2.91. The van der Waals surface area contributed by atoms with Crippen LogP contribution in [0.3, 0.4) is 0 Å². The highest BCUT2D eigenvalue weighted by molar-refractivity contribution is 7.91. The lowest BCUT2D eigenvalue weighted by Gasteiger charge is -2.03. The topological polar surface area (TPSA) is 72.5 Å². The number of sulfonamides is 1. The molecule has 0 atom stereocenters. The highest BCUT2D eigenvalue weighted by Gasteiger charge is 2.16. The minimum absolute atomic E-state index is 0.00449. The van der Waals surface area contributed by atoms with E-state index in [2.05, 4.69) is 9.46 Å². The molecule has 0 bridgehead atoms. The van der Waals surface area contributed by atoms with E-state index in [0.29, 0.717) is 4.34 Å². The third-order valence-electron chi connectivity index (χ3n) is 1.66. The highest BCUT2D eigenvalue weighted by atomic mass is 35.5. The maximum atomic E-state index is 11.6. The van der Waals surface area contributed by atoms with Crippen molar-refractivity contribution in [1.82, 2.24) is 4.72 Å². The van der Waals surface area contributed by atoms with E-state index in [-0.39, 0.29) is 17.2 Å². The van der Waals surface area contributed by atoms with Gasteiger partial charge in [0.25, 0.3) is 0 Å². The molecule has 0 aromatic carbocycles. The number of carbonyl (C=O) groups is 1. The highest BCUT2D eigenvalue weighted by Crippen LogP contribution is 2.25. The lowest BCUT2D eigenvalue weighted by molar-refractivity contribution is -0.140. The number of ether oxygens (including phenoxy) is 1. The summed E-state index contributed by atoms with van der Waals surface area (Å²) in [7, 11) is -2.32. The number of carbonyl (C=O) groups excluding carboxylic acids is 1. The Morgan fingerprint density at radius 1 is 1.56 bits per heavy atom. The van der Waals surface area contributed by atoms with Gasteiger partial charge in [-0.15, -0.1) is 11.3 Å². The van der Waals surface area contributed by atoms with Crippen LogP contribution in [0.4, 0.5) is 0 Å². The van der Waals surface area contributed by atoms with E-state index < -0.39 is 16.0 Å². The number of hydrogen-bond donors (Lipinski definition) is 1. The fourth-order valence-corrected chi connectivity index (χ4v) is 3.46. The summed E-state index contributed by atoms with van der Waals surface area (Å²) in [4.78, 5) is 10.8. The molecule has 8 heteroatoms. The Hall–Kier alpha value is -0.630. The van der Waals surface area contributed by atoms with Crippen molar-refractivity contribution >= 4 is 38.9 Å². The average molecular weight is 284 g/mol. The van der Waals surface area contributed by atoms with E-state index in [4.69, 9.17) is 11.6 Å². The quantitative estimate of drug-likeness (QED) is 0.825. The van der Waals surface area contributed by atoms with Gasteiger partial charge in [-0.05, 0) is 12.1 Å². The van der Waals surface area contributed by atoms with Gasteiger partial charge in [-0.1, -0.05) is 11.6 Å². The van der Waals surface area contributed by atoms with Gasteiger partial charge in [-0.25, -0.2) is 13.1 Å². The third kappa shape index (κ3) is 3.75. The molecule has 1 aromatic rings. The van der Waals surface area contributed by atoms with Gasteiger partial charge < -0.3 is 4.74 Å². The number of methoxy groups -OCH3 is 1. The zero-order valence-corrected chi connectivity index (χ0v) is 10.8. The maximum absolute atomic E-state index is 11.6. The van der Waals surface area contributed by atoms with E-state index in [1.165, 1.54) is 19.2 Å². The minimum atomic E-state index is -3.57. The van der Waals surface area contributed by atoms with Crippen LogP contribution < -0.4 is 4.72 Å². The summed E-state index contributed by atoms with van der Waals surface area (Å²) in [5, 5.41) is 0. The number of rotatable bonds is 5. The zero-order chi connectivity index (χ0) is 12.2. The summed E-state index contributed by atoms with van der Waals surface area (Å²) in [6.45, 7) is 0.00449. The first-order chi connectivity index (χ1) is 7.45. The van der Waals surface area contributed by atoms with E-state index in [9.17, 15) is 13.2 Å². The van der Waals surface area contributed by atoms with Gasteiger partial charge in [0.1, 0.15) is 4.21 Å². The number of thiophene rings is 1. The van der Waals surface area contributed by atoms with E-state index in [1.807, 2.05) is 0 Å². The van der Waals surface area contributed by atoms with Crippen molar-refractivity contribution < 1.29 is 17.9 Å². The molecule has 0 aliphatic carbocycles. The van der Waals surface area contributed by atoms with Gasteiger partial charge in [0.05, 0.1) is 17.9 Å². The molecule has 1 N–H and O–H groups in total. The molecule has 1 heterocycles. The Balaban J connectivity index is 2.56. The Morgan fingerprint density at radius 3 is 2.75 bits per heavy atom. The summed E-state index contributed by atoms with van der Waals surface area (Å²) in [5.74, 6) is -0.466. The van der Waals surface area contributed by atoms with Gasteiger partial charge in [0, 0.05) is 6.54 Å². The van der Waals surface area contributed by atoms with Crippen LogP contribution in [0.1, 0.15) is 6.42 Å². The molecular formula is C8H10ClNO4S2. The van der Waals surface area contributed by atoms with Gasteiger partial charge in [0.15, 0.2) is 0 Å². The van der Waals surface area contributed by atoms with Crippen LogP contribution >= 0.6 is 22.9 Å². The number of hydrogen-bond acceptors (Lipinski definition) is 5. The third-order valence-corrected chi connectivity index (χ3v) is 4.85. The summed E-state index contributed by atoms with van der Waals surface area (Å²) < 4.78 is 30.4. The van der Waals surface area contributed by atoms with Crippen molar-refractivity contribution in [1.29, 1.82) is 0 Å². The molecule has 0 saturated heterocycles. The van der Waals surface area contributed by atoms with E-state index >= 15 is 0 Å². The standard InChI is InChI=1S/C8H10ClNO4S2/c1-14-7(11)4-5-10-16(12,13)8-3-2-6(9)15-8/h2-3,10H,4-5H2,1H3. The molecule has 0 saturated carbocycles. The van der Waals surface area contributed by atoms with Crippen molar-refractivity contribution in [2.45, 2.75) is 10.6 Å². The van der Waals surface area contributed by atoms with Crippen molar-refractivity contribution in [3.63, 3.8) is 0 Å². The molecule has 0 fully saturated rings. The Kier molecular flexibility index (Phi) is 4.72. The summed E-state index contributed by atoms with van der Waals surface area (Å²) >= 11 is 6.58. The predicted octanol–water partition coefficient (Wildman–Crippen LogP) is 1.24. The zero-order valence-electron chi connectivity index (χ0n) is 8.40. The molecule has 1 rings (SSSR count). The fraction of sp³-hybridized carbons (Fsp3) is 0.375. The van der Waals surface area contributed by atoms with Crippen LogP contribution in [0.15, 0.2) is 16.3 Å². The lowest BCUT2D eigenvalue weighted by Crippen LogP contribution is -2.25. The largest absolute Gasteiger partial charge is 0.469 e. The molecule has 0 aliphatic heterocycles. The van der Waals surface area contributed by atoms with Crippen LogP contribution in [0.25, 0.3) is 0 Å². The molecule has 0 spiro atoms. The first-order valence-electron chi connectivity index (χ1n) is 4.27. The van der Waals surface area contributed by atoms with Crippen molar-refractivity contribution in [2.75, 3.05) is 13.7 Å². The van der Waals surface area contributed by atoms with Crippen LogP contribution in [0, 0.1) is 0 Å². The maximum Gasteiger partial charge on any atom is 0.306 e.